The van der Waals surface area contributed by atoms with Crippen molar-refractivity contribution in [1.29, 1.82) is 0 Å². The molecule has 1 aliphatic rings. The van der Waals surface area contributed by atoms with Gasteiger partial charge in [-0.25, -0.2) is 9.00 Å². The normalized spacial score (nSPS) is 15.8. The maximum absolute atomic E-state index is 13.0. The maximum atomic E-state index is 13.0. The Hall–Kier alpha value is -2.43. The topological polar surface area (TPSA) is 120 Å². The van der Waals surface area contributed by atoms with Crippen molar-refractivity contribution in [3.05, 3.63) is 50.4 Å². The summed E-state index contributed by atoms with van der Waals surface area (Å²) in [5, 5.41) is 2.45. The number of halogens is 1. The fourth-order valence-corrected chi connectivity index (χ4v) is 4.72. The van der Waals surface area contributed by atoms with Crippen molar-refractivity contribution in [2.45, 2.75) is 0 Å². The highest BCUT2D eigenvalue weighted by Gasteiger charge is 2.26. The first-order valence-corrected chi connectivity index (χ1v) is 10.5. The number of rotatable bonds is 4. The lowest BCUT2D eigenvalue weighted by Gasteiger charge is -2.17. The van der Waals surface area contributed by atoms with Crippen molar-refractivity contribution in [3.8, 4) is 0 Å². The van der Waals surface area contributed by atoms with E-state index in [4.69, 9.17) is 21.1 Å². The van der Waals surface area contributed by atoms with Crippen LogP contribution in [-0.2, 0) is 26.3 Å². The van der Waals surface area contributed by atoms with Gasteiger partial charge in [0.2, 0.25) is 5.78 Å². The summed E-state index contributed by atoms with van der Waals surface area (Å²) in [4.78, 5) is 37.0. The summed E-state index contributed by atoms with van der Waals surface area (Å²) in [5.74, 6) is -1.00. The van der Waals surface area contributed by atoms with E-state index in [0.29, 0.717) is 0 Å². The van der Waals surface area contributed by atoms with E-state index in [1.165, 1.54) is 32.5 Å². The first-order chi connectivity index (χ1) is 13.3. The molecule has 1 aromatic carbocycles. The van der Waals surface area contributed by atoms with Crippen LogP contribution in [0.3, 0.4) is 0 Å². The quantitative estimate of drug-likeness (QED) is 0.583. The average Bonchev–Trinajstić information content (AvgIpc) is 3.01. The molecule has 9 nitrogen and oxygen atoms in total. The number of aryl methyl sites for hydroxylation is 1. The zero-order valence-electron chi connectivity index (χ0n) is 15.2. The van der Waals surface area contributed by atoms with E-state index in [9.17, 15) is 18.6 Å². The van der Waals surface area contributed by atoms with Gasteiger partial charge >= 0.3 is 5.97 Å². The number of ether oxygens (including phenoxy) is 2. The number of H-pyrrole nitrogens is 1. The molecule has 3 rings (SSSR count). The van der Waals surface area contributed by atoms with Crippen molar-refractivity contribution < 1.29 is 23.3 Å². The molecule has 28 heavy (non-hydrogen) atoms. The van der Waals surface area contributed by atoms with Gasteiger partial charge < -0.3 is 14.6 Å². The number of hydrogen-bond acceptors (Lipinski definition) is 7. The Morgan fingerprint density at radius 3 is 2.46 bits per heavy atom. The molecule has 150 valence electrons. The number of aromatic amines is 1. The lowest BCUT2D eigenvalue weighted by molar-refractivity contribution is 0.0601. The van der Waals surface area contributed by atoms with Crippen LogP contribution in [0.2, 0.25) is 5.02 Å². The van der Waals surface area contributed by atoms with Gasteiger partial charge in [-0.2, -0.15) is 4.36 Å². The highest BCUT2D eigenvalue weighted by atomic mass is 35.5. The third kappa shape index (κ3) is 3.75. The first kappa shape index (κ1) is 20.3. The van der Waals surface area contributed by atoms with Crippen LogP contribution in [0.1, 0.15) is 26.3 Å². The maximum Gasteiger partial charge on any atom is 0.340 e. The van der Waals surface area contributed by atoms with E-state index in [2.05, 4.69) is 9.46 Å². The van der Waals surface area contributed by atoms with E-state index in [0.717, 1.165) is 4.68 Å². The average molecular weight is 428 g/mol. The van der Waals surface area contributed by atoms with Gasteiger partial charge in [0.1, 0.15) is 11.3 Å². The number of nitrogens with one attached hydrogen (secondary N) is 1. The minimum absolute atomic E-state index is 0.0137. The molecule has 1 aromatic heterocycles. The lowest BCUT2D eigenvalue weighted by atomic mass is 10.0. The van der Waals surface area contributed by atoms with Crippen LogP contribution < -0.4 is 5.56 Å². The fourth-order valence-electron chi connectivity index (χ4n) is 2.71. The van der Waals surface area contributed by atoms with Crippen LogP contribution in [0, 0.1) is 0 Å². The lowest BCUT2D eigenvalue weighted by Crippen LogP contribution is -2.25. The summed E-state index contributed by atoms with van der Waals surface area (Å²) in [5.41, 5.74) is -0.762. The van der Waals surface area contributed by atoms with Gasteiger partial charge in [0.15, 0.2) is 0 Å². The van der Waals surface area contributed by atoms with Crippen LogP contribution in [0.4, 0.5) is 5.69 Å². The van der Waals surface area contributed by atoms with Gasteiger partial charge in [0.05, 0.1) is 52.1 Å². The molecule has 0 aliphatic carbocycles. The molecule has 1 aliphatic heterocycles. The number of ketones is 1. The Balaban J connectivity index is 2.20. The number of methoxy groups -OCH3 is 1. The molecular weight excluding hydrogens is 410 g/mol. The first-order valence-electron chi connectivity index (χ1n) is 8.27. The molecule has 1 saturated heterocycles. The van der Waals surface area contributed by atoms with Crippen molar-refractivity contribution in [3.63, 3.8) is 0 Å². The molecule has 2 aromatic rings. The zero-order chi connectivity index (χ0) is 20.5. The van der Waals surface area contributed by atoms with Crippen LogP contribution in [0.15, 0.2) is 27.5 Å². The van der Waals surface area contributed by atoms with Crippen LogP contribution >= 0.6 is 11.6 Å². The molecule has 0 amide bonds. The number of esters is 1. The molecule has 0 bridgehead atoms. The number of hydrogen-bond donors (Lipinski definition) is 1. The molecule has 1 N–H and O–H groups in total. The third-order valence-electron chi connectivity index (χ3n) is 4.30. The van der Waals surface area contributed by atoms with Gasteiger partial charge in [-0.1, -0.05) is 11.6 Å². The molecule has 0 radical (unpaired) electrons. The van der Waals surface area contributed by atoms with Crippen LogP contribution in [0.5, 0.6) is 0 Å². The summed E-state index contributed by atoms with van der Waals surface area (Å²) in [6.07, 6.45) is 1.27. The van der Waals surface area contributed by atoms with Gasteiger partial charge in [-0.3, -0.25) is 14.3 Å². The monoisotopic (exact) mass is 427 g/mol. The molecular formula is C17H18ClN3O6S. The van der Waals surface area contributed by atoms with E-state index in [1.807, 2.05) is 0 Å². The standard InChI is InChI=1S/C17H18ClN3O6S/c1-21-16(23)12(9-19-21)15(22)10-3-4-11(17(24)26-2)14(13(10)18)20-28(25)7-5-27-6-8-28/h3-4,9,19H,5-8H2,1-2H3. The number of aromatic nitrogens is 2. The molecule has 1 fully saturated rings. The Morgan fingerprint density at radius 2 is 1.89 bits per heavy atom. The second kappa shape index (κ2) is 7.90. The summed E-state index contributed by atoms with van der Waals surface area (Å²) >= 11 is 6.40. The van der Waals surface area contributed by atoms with Gasteiger partial charge in [0, 0.05) is 18.8 Å². The summed E-state index contributed by atoms with van der Waals surface area (Å²) in [6.45, 7) is 0.539. The van der Waals surface area contributed by atoms with Crippen molar-refractivity contribution >= 4 is 38.8 Å². The zero-order valence-corrected chi connectivity index (χ0v) is 16.8. The number of benzene rings is 1. The minimum atomic E-state index is -2.72. The Morgan fingerprint density at radius 1 is 1.25 bits per heavy atom. The highest BCUT2D eigenvalue weighted by molar-refractivity contribution is 7.93. The highest BCUT2D eigenvalue weighted by Crippen LogP contribution is 2.35. The van der Waals surface area contributed by atoms with Crippen LogP contribution in [-0.4, -0.2) is 57.6 Å². The Kier molecular flexibility index (Phi) is 5.73. The van der Waals surface area contributed by atoms with Gasteiger partial charge in [0.25, 0.3) is 5.56 Å². The van der Waals surface area contributed by atoms with Crippen molar-refractivity contribution in [2.24, 2.45) is 11.4 Å². The van der Waals surface area contributed by atoms with E-state index in [1.54, 1.807) is 0 Å². The Bertz CT molecular complexity index is 1110. The number of carbonyl (C=O) groups is 2. The van der Waals surface area contributed by atoms with E-state index < -0.39 is 27.0 Å². The molecule has 0 atom stereocenters. The molecule has 0 unspecified atom stereocenters. The SMILES string of the molecule is COC(=O)c1ccc(C(=O)c2c[nH]n(C)c2=O)c(Cl)c1N=S1(=O)CCOCC1. The largest absolute Gasteiger partial charge is 0.465 e. The summed E-state index contributed by atoms with van der Waals surface area (Å²) < 4.78 is 28.4. The molecule has 2 heterocycles. The minimum Gasteiger partial charge on any atom is -0.465 e. The molecule has 0 saturated carbocycles. The molecule has 0 spiro atoms. The summed E-state index contributed by atoms with van der Waals surface area (Å²) in [6, 6.07) is 2.64. The fraction of sp³-hybridized carbons (Fsp3) is 0.353. The Labute approximate surface area is 165 Å². The predicted octanol–water partition coefficient (Wildman–Crippen LogP) is 1.51. The van der Waals surface area contributed by atoms with Crippen LogP contribution in [0.25, 0.3) is 0 Å². The predicted molar refractivity (Wildman–Crippen MR) is 103 cm³/mol. The van der Waals surface area contributed by atoms with Crippen molar-refractivity contribution in [1.82, 2.24) is 9.78 Å². The van der Waals surface area contributed by atoms with E-state index >= 15 is 0 Å². The summed E-state index contributed by atoms with van der Waals surface area (Å²) in [7, 11) is -0.0556. The van der Waals surface area contributed by atoms with Crippen molar-refractivity contribution in [2.75, 3.05) is 31.8 Å². The number of carbonyl (C=O) groups excluding carboxylic acids is 2. The van der Waals surface area contributed by atoms with Gasteiger partial charge in [-0.15, -0.1) is 0 Å². The number of nitrogens with zero attached hydrogens (tertiary/aromatic N) is 2. The smallest absolute Gasteiger partial charge is 0.340 e. The van der Waals surface area contributed by atoms with Gasteiger partial charge in [-0.05, 0) is 12.1 Å². The second-order valence-corrected chi connectivity index (χ2v) is 9.00. The van der Waals surface area contributed by atoms with E-state index in [-0.39, 0.29) is 52.1 Å². The third-order valence-corrected chi connectivity index (χ3v) is 6.81. The molecule has 11 heteroatoms. The second-order valence-electron chi connectivity index (χ2n) is 6.08.